The van der Waals surface area contributed by atoms with E-state index in [1.165, 1.54) is 6.20 Å². The van der Waals surface area contributed by atoms with Crippen molar-refractivity contribution in [2.75, 3.05) is 5.73 Å². The molecule has 2 N–H and O–H groups in total. The molecule has 4 nitrogen and oxygen atoms in total. The zero-order chi connectivity index (χ0) is 15.6. The summed E-state index contributed by atoms with van der Waals surface area (Å²) in [5, 5.41) is 0.981. The van der Waals surface area contributed by atoms with Crippen LogP contribution in [0.4, 0.5) is 5.69 Å². The summed E-state index contributed by atoms with van der Waals surface area (Å²) in [6.45, 7) is 4.06. The zero-order valence-corrected chi connectivity index (χ0v) is 13.8. The van der Waals surface area contributed by atoms with Gasteiger partial charge < -0.3 is 10.5 Å². The predicted molar refractivity (Wildman–Crippen MR) is 86.7 cm³/mol. The van der Waals surface area contributed by atoms with Crippen molar-refractivity contribution in [1.82, 2.24) is 9.97 Å². The van der Waals surface area contributed by atoms with Gasteiger partial charge in [0.2, 0.25) is 5.88 Å². The van der Waals surface area contributed by atoms with Crippen molar-refractivity contribution in [2.45, 2.75) is 26.2 Å². The van der Waals surface area contributed by atoms with Crippen molar-refractivity contribution < 1.29 is 4.74 Å². The number of anilines is 1. The Morgan fingerprint density at radius 1 is 1.24 bits per heavy atom. The van der Waals surface area contributed by atoms with Gasteiger partial charge in [-0.25, -0.2) is 9.97 Å². The molecule has 21 heavy (non-hydrogen) atoms. The molecule has 0 aliphatic heterocycles. The molecule has 0 saturated carbocycles. The van der Waals surface area contributed by atoms with E-state index < -0.39 is 0 Å². The fraction of sp³-hybridized carbons (Fsp3) is 0.286. The van der Waals surface area contributed by atoms with Crippen LogP contribution in [0.5, 0.6) is 11.6 Å². The fourth-order valence-electron chi connectivity index (χ4n) is 1.71. The van der Waals surface area contributed by atoms with Gasteiger partial charge in [-0.1, -0.05) is 48.7 Å². The Bertz CT molecular complexity index is 641. The van der Waals surface area contributed by atoms with Gasteiger partial charge in [-0.05, 0) is 18.6 Å². The van der Waals surface area contributed by atoms with Crippen LogP contribution in [-0.2, 0) is 0 Å². The SMILES string of the molecule is CCC(C)c1nc(Oc2c(Cl)cc(N)cc2Cl)cnc1Cl. The van der Waals surface area contributed by atoms with Gasteiger partial charge in [-0.15, -0.1) is 0 Å². The number of nitrogens with zero attached hydrogens (tertiary/aromatic N) is 2. The molecule has 1 heterocycles. The van der Waals surface area contributed by atoms with Crippen molar-refractivity contribution in [2.24, 2.45) is 0 Å². The van der Waals surface area contributed by atoms with E-state index in [1.54, 1.807) is 12.1 Å². The highest BCUT2D eigenvalue weighted by Gasteiger charge is 2.15. The van der Waals surface area contributed by atoms with Gasteiger partial charge in [0, 0.05) is 11.6 Å². The maximum absolute atomic E-state index is 6.08. The molecule has 0 amide bonds. The first-order valence-corrected chi connectivity index (χ1v) is 7.50. The van der Waals surface area contributed by atoms with E-state index >= 15 is 0 Å². The number of benzene rings is 1. The minimum absolute atomic E-state index is 0.172. The van der Waals surface area contributed by atoms with Gasteiger partial charge in [-0.3, -0.25) is 0 Å². The van der Waals surface area contributed by atoms with E-state index in [9.17, 15) is 0 Å². The highest BCUT2D eigenvalue weighted by Crippen LogP contribution is 2.38. The Hall–Kier alpha value is -1.23. The maximum Gasteiger partial charge on any atom is 0.238 e. The first-order valence-electron chi connectivity index (χ1n) is 6.37. The first-order chi connectivity index (χ1) is 9.92. The van der Waals surface area contributed by atoms with E-state index in [0.29, 0.717) is 32.3 Å². The first kappa shape index (κ1) is 16.1. The van der Waals surface area contributed by atoms with Gasteiger partial charge in [0.05, 0.1) is 21.9 Å². The van der Waals surface area contributed by atoms with Crippen LogP contribution in [0.1, 0.15) is 31.9 Å². The van der Waals surface area contributed by atoms with Gasteiger partial charge >= 0.3 is 0 Å². The van der Waals surface area contributed by atoms with Gasteiger partial charge in [0.15, 0.2) is 10.9 Å². The third kappa shape index (κ3) is 3.70. The summed E-state index contributed by atoms with van der Waals surface area (Å²) >= 11 is 18.2. The normalized spacial score (nSPS) is 12.2. The van der Waals surface area contributed by atoms with Crippen LogP contribution in [0.25, 0.3) is 0 Å². The molecule has 7 heteroatoms. The quantitative estimate of drug-likeness (QED) is 0.761. The van der Waals surface area contributed by atoms with Crippen molar-refractivity contribution in [3.05, 3.63) is 39.2 Å². The van der Waals surface area contributed by atoms with Gasteiger partial charge in [-0.2, -0.15) is 0 Å². The fourth-order valence-corrected chi connectivity index (χ4v) is 2.57. The van der Waals surface area contributed by atoms with Crippen LogP contribution in [0.2, 0.25) is 15.2 Å². The van der Waals surface area contributed by atoms with E-state index in [0.717, 1.165) is 6.42 Å². The van der Waals surface area contributed by atoms with Crippen molar-refractivity contribution in [3.8, 4) is 11.6 Å². The topological polar surface area (TPSA) is 61.0 Å². The summed E-state index contributed by atoms with van der Waals surface area (Å²) in [5.74, 6) is 0.744. The van der Waals surface area contributed by atoms with E-state index in [2.05, 4.69) is 9.97 Å². The lowest BCUT2D eigenvalue weighted by atomic mass is 10.1. The molecule has 2 aromatic rings. The third-order valence-corrected chi connectivity index (χ3v) is 3.89. The lowest BCUT2D eigenvalue weighted by Crippen LogP contribution is -2.01. The summed E-state index contributed by atoms with van der Waals surface area (Å²) in [6, 6.07) is 3.11. The number of aromatic nitrogens is 2. The Kier molecular flexibility index (Phi) is 5.14. The molecule has 0 bridgehead atoms. The molecular weight excluding hydrogens is 333 g/mol. The van der Waals surface area contributed by atoms with Crippen LogP contribution in [0.3, 0.4) is 0 Å². The molecule has 0 spiro atoms. The lowest BCUT2D eigenvalue weighted by molar-refractivity contribution is 0.455. The highest BCUT2D eigenvalue weighted by molar-refractivity contribution is 6.37. The van der Waals surface area contributed by atoms with Gasteiger partial charge in [0.1, 0.15) is 0 Å². The standard InChI is InChI=1S/C14H14Cl3N3O/c1-3-7(2)12-14(17)19-6-11(20-12)21-13-9(15)4-8(18)5-10(13)16/h4-7H,3,18H2,1-2H3. The number of hydrogen-bond acceptors (Lipinski definition) is 4. The second kappa shape index (κ2) is 6.69. The summed E-state index contributed by atoms with van der Waals surface area (Å²) in [4.78, 5) is 8.47. The summed E-state index contributed by atoms with van der Waals surface area (Å²) in [7, 11) is 0. The number of nitrogen functional groups attached to an aromatic ring is 1. The van der Waals surface area contributed by atoms with Crippen LogP contribution < -0.4 is 10.5 Å². The average molecular weight is 347 g/mol. The number of nitrogens with two attached hydrogens (primary N) is 1. The van der Waals surface area contributed by atoms with Crippen molar-refractivity contribution in [3.63, 3.8) is 0 Å². The second-order valence-corrected chi connectivity index (χ2v) is 5.78. The number of ether oxygens (including phenoxy) is 1. The molecule has 1 aromatic heterocycles. The second-order valence-electron chi connectivity index (χ2n) is 4.61. The smallest absolute Gasteiger partial charge is 0.238 e. The Morgan fingerprint density at radius 2 is 1.86 bits per heavy atom. The molecule has 0 radical (unpaired) electrons. The zero-order valence-electron chi connectivity index (χ0n) is 11.5. The van der Waals surface area contributed by atoms with Gasteiger partial charge in [0.25, 0.3) is 0 Å². The van der Waals surface area contributed by atoms with Crippen LogP contribution in [0, 0.1) is 0 Å². The Balaban J connectivity index is 2.37. The monoisotopic (exact) mass is 345 g/mol. The maximum atomic E-state index is 6.08. The molecule has 1 unspecified atom stereocenters. The minimum atomic E-state index is 0.172. The highest BCUT2D eigenvalue weighted by atomic mass is 35.5. The van der Waals surface area contributed by atoms with E-state index in [1.807, 2.05) is 13.8 Å². The molecule has 2 rings (SSSR count). The summed E-state index contributed by atoms with van der Waals surface area (Å²) in [5.41, 5.74) is 6.79. The predicted octanol–water partition coefficient (Wildman–Crippen LogP) is 5.32. The molecule has 0 fully saturated rings. The molecule has 0 aliphatic rings. The number of halogens is 3. The van der Waals surface area contributed by atoms with Crippen molar-refractivity contribution in [1.29, 1.82) is 0 Å². The van der Waals surface area contributed by atoms with Crippen molar-refractivity contribution >= 4 is 40.5 Å². The third-order valence-electron chi connectivity index (χ3n) is 3.04. The lowest BCUT2D eigenvalue weighted by Gasteiger charge is -2.13. The molecular formula is C14H14Cl3N3O. The van der Waals surface area contributed by atoms with E-state index in [-0.39, 0.29) is 11.8 Å². The number of rotatable bonds is 4. The average Bonchev–Trinajstić information content (AvgIpc) is 2.43. The molecule has 0 saturated heterocycles. The summed E-state index contributed by atoms with van der Waals surface area (Å²) in [6.07, 6.45) is 2.32. The van der Waals surface area contributed by atoms with Crippen LogP contribution in [0.15, 0.2) is 18.3 Å². The summed E-state index contributed by atoms with van der Waals surface area (Å²) < 4.78 is 5.63. The van der Waals surface area contributed by atoms with Crippen LogP contribution in [-0.4, -0.2) is 9.97 Å². The number of hydrogen-bond donors (Lipinski definition) is 1. The van der Waals surface area contributed by atoms with Crippen LogP contribution >= 0.6 is 34.8 Å². The molecule has 1 atom stereocenters. The minimum Gasteiger partial charge on any atom is -0.434 e. The van der Waals surface area contributed by atoms with E-state index in [4.69, 9.17) is 45.3 Å². The Morgan fingerprint density at radius 3 is 2.43 bits per heavy atom. The molecule has 112 valence electrons. The molecule has 1 aromatic carbocycles. The Labute approximate surface area is 138 Å². The largest absolute Gasteiger partial charge is 0.434 e. The molecule has 0 aliphatic carbocycles.